The van der Waals surface area contributed by atoms with E-state index in [1.165, 1.54) is 25.7 Å². The van der Waals surface area contributed by atoms with E-state index in [1.807, 2.05) is 24.3 Å². The van der Waals surface area contributed by atoms with E-state index in [0.717, 1.165) is 42.6 Å². The zero-order valence-electron chi connectivity index (χ0n) is 13.6. The van der Waals surface area contributed by atoms with Gasteiger partial charge in [0.2, 0.25) is 0 Å². The highest BCUT2D eigenvalue weighted by atomic mass is 79.9. The molecule has 4 nitrogen and oxygen atoms in total. The molecule has 2 heterocycles. The second-order valence-electron chi connectivity index (χ2n) is 6.63. The molecule has 2 aliphatic heterocycles. The Bertz CT molecular complexity index is 512. The van der Waals surface area contributed by atoms with Crippen LogP contribution in [-0.2, 0) is 0 Å². The van der Waals surface area contributed by atoms with E-state index in [-0.39, 0.29) is 6.03 Å². The lowest BCUT2D eigenvalue weighted by Crippen LogP contribution is -2.49. The minimum atomic E-state index is 0.0641. The summed E-state index contributed by atoms with van der Waals surface area (Å²) in [6.07, 6.45) is 7.17. The van der Waals surface area contributed by atoms with Crippen molar-refractivity contribution in [3.63, 3.8) is 0 Å². The van der Waals surface area contributed by atoms with Crippen LogP contribution in [0.5, 0.6) is 0 Å². The molecule has 2 fully saturated rings. The number of halogens is 1. The number of urea groups is 1. The zero-order chi connectivity index (χ0) is 16.1. The Labute approximate surface area is 147 Å². The molecular weight excluding hydrogens is 354 g/mol. The summed E-state index contributed by atoms with van der Waals surface area (Å²) < 4.78 is 1.03. The largest absolute Gasteiger partial charge is 0.322 e. The smallest absolute Gasteiger partial charge is 0.321 e. The second kappa shape index (κ2) is 8.15. The van der Waals surface area contributed by atoms with Gasteiger partial charge in [0.1, 0.15) is 0 Å². The summed E-state index contributed by atoms with van der Waals surface area (Å²) >= 11 is 3.43. The number of rotatable bonds is 2. The van der Waals surface area contributed by atoms with Gasteiger partial charge >= 0.3 is 6.03 Å². The van der Waals surface area contributed by atoms with Crippen LogP contribution in [0.1, 0.15) is 38.5 Å². The number of hydrogen-bond donors (Lipinski definition) is 2. The molecule has 0 aromatic heterocycles. The van der Waals surface area contributed by atoms with Crippen molar-refractivity contribution in [1.82, 2.24) is 10.2 Å². The Morgan fingerprint density at radius 3 is 2.74 bits per heavy atom. The molecule has 5 heteroatoms. The molecule has 0 bridgehead atoms. The van der Waals surface area contributed by atoms with Crippen molar-refractivity contribution in [1.29, 1.82) is 0 Å². The molecule has 2 amide bonds. The standard InChI is InChI=1S/C18H26BrN3O/c19-15-6-8-16(9-7-15)21-18(23)22-13-2-1-5-17(22)14-4-3-11-20-12-10-14/h6-9,14,17,20H,1-5,10-13H2,(H,21,23). The Morgan fingerprint density at radius 1 is 1.09 bits per heavy atom. The lowest BCUT2D eigenvalue weighted by atomic mass is 9.85. The van der Waals surface area contributed by atoms with E-state index in [9.17, 15) is 4.79 Å². The first kappa shape index (κ1) is 16.8. The van der Waals surface area contributed by atoms with Gasteiger partial charge in [0.25, 0.3) is 0 Å². The molecule has 23 heavy (non-hydrogen) atoms. The van der Waals surface area contributed by atoms with Crippen LogP contribution in [-0.4, -0.2) is 36.6 Å². The number of anilines is 1. The average Bonchev–Trinajstić information content (AvgIpc) is 2.86. The first-order valence-corrected chi connectivity index (χ1v) is 9.57. The summed E-state index contributed by atoms with van der Waals surface area (Å²) in [5, 5.41) is 6.56. The summed E-state index contributed by atoms with van der Waals surface area (Å²) in [5.74, 6) is 0.640. The van der Waals surface area contributed by atoms with E-state index < -0.39 is 0 Å². The highest BCUT2D eigenvalue weighted by molar-refractivity contribution is 9.10. The molecule has 0 aliphatic carbocycles. The summed E-state index contributed by atoms with van der Waals surface area (Å²) in [7, 11) is 0. The SMILES string of the molecule is O=C(Nc1ccc(Br)cc1)N1CCCCC1C1CCCNCC1. The number of carbonyl (C=O) groups is 1. The lowest BCUT2D eigenvalue weighted by molar-refractivity contribution is 0.121. The minimum absolute atomic E-state index is 0.0641. The Hall–Kier alpha value is -1.07. The topological polar surface area (TPSA) is 44.4 Å². The molecule has 2 unspecified atom stereocenters. The predicted octanol–water partition coefficient (Wildman–Crippen LogP) is 4.23. The predicted molar refractivity (Wildman–Crippen MR) is 97.7 cm³/mol. The fourth-order valence-electron chi connectivity index (χ4n) is 3.86. The van der Waals surface area contributed by atoms with Gasteiger partial charge in [0.05, 0.1) is 0 Å². The van der Waals surface area contributed by atoms with Crippen molar-refractivity contribution < 1.29 is 4.79 Å². The van der Waals surface area contributed by atoms with Gasteiger partial charge in [-0.2, -0.15) is 0 Å². The zero-order valence-corrected chi connectivity index (χ0v) is 15.1. The molecule has 2 aliphatic rings. The van der Waals surface area contributed by atoms with Crippen LogP contribution in [0.3, 0.4) is 0 Å². The molecule has 2 atom stereocenters. The van der Waals surface area contributed by atoms with Crippen LogP contribution in [0.4, 0.5) is 10.5 Å². The molecule has 2 saturated heterocycles. The van der Waals surface area contributed by atoms with Crippen molar-refractivity contribution in [2.24, 2.45) is 5.92 Å². The van der Waals surface area contributed by atoms with Crippen LogP contribution in [0, 0.1) is 5.92 Å². The Balaban J connectivity index is 1.67. The van der Waals surface area contributed by atoms with Gasteiger partial charge in [0, 0.05) is 22.7 Å². The van der Waals surface area contributed by atoms with E-state index in [4.69, 9.17) is 0 Å². The molecule has 0 radical (unpaired) electrons. The van der Waals surface area contributed by atoms with E-state index >= 15 is 0 Å². The Morgan fingerprint density at radius 2 is 1.91 bits per heavy atom. The van der Waals surface area contributed by atoms with Crippen molar-refractivity contribution in [3.8, 4) is 0 Å². The van der Waals surface area contributed by atoms with Crippen LogP contribution in [0.2, 0.25) is 0 Å². The molecule has 0 spiro atoms. The van der Waals surface area contributed by atoms with E-state index in [1.54, 1.807) is 0 Å². The number of amides is 2. The third-order valence-electron chi connectivity index (χ3n) is 5.07. The van der Waals surface area contributed by atoms with Crippen molar-refractivity contribution in [2.45, 2.75) is 44.6 Å². The highest BCUT2D eigenvalue weighted by Crippen LogP contribution is 2.30. The quantitative estimate of drug-likeness (QED) is 0.807. The fourth-order valence-corrected chi connectivity index (χ4v) is 4.12. The van der Waals surface area contributed by atoms with Gasteiger partial charge < -0.3 is 15.5 Å². The molecule has 1 aromatic rings. The molecule has 0 saturated carbocycles. The van der Waals surface area contributed by atoms with Gasteiger partial charge in [-0.15, -0.1) is 0 Å². The number of benzene rings is 1. The third kappa shape index (κ3) is 4.48. The van der Waals surface area contributed by atoms with Crippen LogP contribution in [0.25, 0.3) is 0 Å². The van der Waals surface area contributed by atoms with Gasteiger partial charge in [-0.1, -0.05) is 15.9 Å². The average molecular weight is 380 g/mol. The molecule has 1 aromatic carbocycles. The molecule has 3 rings (SSSR count). The molecule has 126 valence electrons. The van der Waals surface area contributed by atoms with Crippen molar-refractivity contribution in [3.05, 3.63) is 28.7 Å². The molecule has 2 N–H and O–H groups in total. The van der Waals surface area contributed by atoms with E-state index in [0.29, 0.717) is 12.0 Å². The Kier molecular flexibility index (Phi) is 5.95. The van der Waals surface area contributed by atoms with Gasteiger partial charge in [-0.25, -0.2) is 4.79 Å². The fraction of sp³-hybridized carbons (Fsp3) is 0.611. The number of nitrogens with zero attached hydrogens (tertiary/aromatic N) is 1. The lowest BCUT2D eigenvalue weighted by Gasteiger charge is -2.40. The van der Waals surface area contributed by atoms with E-state index in [2.05, 4.69) is 31.5 Å². The van der Waals surface area contributed by atoms with Gasteiger partial charge in [-0.05, 0) is 81.8 Å². The molecular formula is C18H26BrN3O. The highest BCUT2D eigenvalue weighted by Gasteiger charge is 2.33. The summed E-state index contributed by atoms with van der Waals surface area (Å²) in [6, 6.07) is 8.27. The summed E-state index contributed by atoms with van der Waals surface area (Å²) in [6.45, 7) is 3.09. The number of likely N-dealkylation sites (tertiary alicyclic amines) is 1. The first-order chi connectivity index (χ1) is 11.2. The normalized spacial score (nSPS) is 25.7. The first-order valence-electron chi connectivity index (χ1n) is 8.78. The summed E-state index contributed by atoms with van der Waals surface area (Å²) in [4.78, 5) is 14.9. The maximum Gasteiger partial charge on any atom is 0.322 e. The summed E-state index contributed by atoms with van der Waals surface area (Å²) in [5.41, 5.74) is 0.866. The minimum Gasteiger partial charge on any atom is -0.321 e. The van der Waals surface area contributed by atoms with Crippen LogP contribution in [0.15, 0.2) is 28.7 Å². The number of nitrogens with one attached hydrogen (secondary N) is 2. The number of piperidine rings is 1. The number of hydrogen-bond acceptors (Lipinski definition) is 2. The third-order valence-corrected chi connectivity index (χ3v) is 5.60. The van der Waals surface area contributed by atoms with Crippen LogP contribution < -0.4 is 10.6 Å². The maximum atomic E-state index is 12.8. The maximum absolute atomic E-state index is 12.8. The monoisotopic (exact) mass is 379 g/mol. The van der Waals surface area contributed by atoms with Crippen molar-refractivity contribution in [2.75, 3.05) is 25.0 Å². The second-order valence-corrected chi connectivity index (χ2v) is 7.55. The van der Waals surface area contributed by atoms with Crippen LogP contribution >= 0.6 is 15.9 Å². The van der Waals surface area contributed by atoms with Crippen molar-refractivity contribution >= 4 is 27.6 Å². The number of carbonyl (C=O) groups excluding carboxylic acids is 1. The van der Waals surface area contributed by atoms with Gasteiger partial charge in [-0.3, -0.25) is 0 Å². The van der Waals surface area contributed by atoms with Gasteiger partial charge in [0.15, 0.2) is 0 Å².